The predicted octanol–water partition coefficient (Wildman–Crippen LogP) is 1.59. The minimum atomic E-state index is -0.178. The van der Waals surface area contributed by atoms with Crippen LogP contribution in [0.4, 0.5) is 5.82 Å². The van der Waals surface area contributed by atoms with E-state index in [9.17, 15) is 0 Å². The lowest BCUT2D eigenvalue weighted by Gasteiger charge is -2.27. The number of hydrogen-bond acceptors (Lipinski definition) is 4. The highest BCUT2D eigenvalue weighted by atomic mass is 35.5. The molecule has 82 valence electrons. The Hall–Kier alpha value is -0.870. The molecule has 2 rings (SSSR count). The highest BCUT2D eigenvalue weighted by molar-refractivity contribution is 6.18. The highest BCUT2D eigenvalue weighted by Crippen LogP contribution is 2.25. The van der Waals surface area contributed by atoms with Crippen LogP contribution >= 0.6 is 11.6 Å². The standard InChI is InChI=1S/C10H14ClN3O/c1-8-9(13-4-3-12-8)14-10(6-11)2-5-15-7-10/h3-4H,2,5-7H2,1H3,(H,13,14). The fourth-order valence-corrected chi connectivity index (χ4v) is 1.90. The van der Waals surface area contributed by atoms with E-state index in [4.69, 9.17) is 16.3 Å². The van der Waals surface area contributed by atoms with E-state index in [0.29, 0.717) is 12.5 Å². The number of halogens is 1. The molecule has 1 aromatic rings. The molecule has 2 heterocycles. The fourth-order valence-electron chi connectivity index (χ4n) is 1.63. The molecule has 15 heavy (non-hydrogen) atoms. The van der Waals surface area contributed by atoms with Gasteiger partial charge in [-0.15, -0.1) is 11.6 Å². The Balaban J connectivity index is 2.16. The van der Waals surface area contributed by atoms with Crippen LogP contribution < -0.4 is 5.32 Å². The van der Waals surface area contributed by atoms with Gasteiger partial charge in [-0.25, -0.2) is 4.98 Å². The molecule has 0 spiro atoms. The fraction of sp³-hybridized carbons (Fsp3) is 0.600. The molecule has 1 unspecified atom stereocenters. The van der Waals surface area contributed by atoms with Crippen LogP contribution in [-0.4, -0.2) is 34.6 Å². The van der Waals surface area contributed by atoms with Crippen molar-refractivity contribution < 1.29 is 4.74 Å². The maximum Gasteiger partial charge on any atom is 0.147 e. The Morgan fingerprint density at radius 3 is 2.93 bits per heavy atom. The van der Waals surface area contributed by atoms with Crippen LogP contribution in [0.2, 0.25) is 0 Å². The zero-order chi connectivity index (χ0) is 10.7. The summed E-state index contributed by atoms with van der Waals surface area (Å²) in [6.07, 6.45) is 4.26. The number of alkyl halides is 1. The van der Waals surface area contributed by atoms with E-state index in [-0.39, 0.29) is 5.54 Å². The Labute approximate surface area is 94.0 Å². The number of ether oxygens (including phenoxy) is 1. The molecular weight excluding hydrogens is 214 g/mol. The van der Waals surface area contributed by atoms with Crippen molar-refractivity contribution in [2.24, 2.45) is 0 Å². The van der Waals surface area contributed by atoms with Crippen molar-refractivity contribution in [3.05, 3.63) is 18.1 Å². The zero-order valence-electron chi connectivity index (χ0n) is 8.66. The summed E-state index contributed by atoms with van der Waals surface area (Å²) in [7, 11) is 0. The number of hydrogen-bond donors (Lipinski definition) is 1. The normalized spacial score (nSPS) is 25.5. The number of aryl methyl sites for hydroxylation is 1. The molecular formula is C10H14ClN3O. The van der Waals surface area contributed by atoms with Crippen LogP contribution in [0.5, 0.6) is 0 Å². The first-order chi connectivity index (χ1) is 7.26. The minimum Gasteiger partial charge on any atom is -0.379 e. The summed E-state index contributed by atoms with van der Waals surface area (Å²) in [5, 5.41) is 3.34. The lowest BCUT2D eigenvalue weighted by molar-refractivity contribution is 0.185. The summed E-state index contributed by atoms with van der Waals surface area (Å²) < 4.78 is 5.37. The van der Waals surface area contributed by atoms with Crippen molar-refractivity contribution in [2.45, 2.75) is 18.9 Å². The minimum absolute atomic E-state index is 0.178. The van der Waals surface area contributed by atoms with Gasteiger partial charge in [0.1, 0.15) is 5.82 Å². The lowest BCUT2D eigenvalue weighted by Crippen LogP contribution is -2.41. The average molecular weight is 228 g/mol. The first kappa shape index (κ1) is 10.6. The van der Waals surface area contributed by atoms with Crippen molar-refractivity contribution in [2.75, 3.05) is 24.4 Å². The van der Waals surface area contributed by atoms with Gasteiger partial charge in [0.05, 0.1) is 17.8 Å². The lowest BCUT2D eigenvalue weighted by atomic mass is 10.0. The second kappa shape index (κ2) is 4.33. The number of aromatic nitrogens is 2. The van der Waals surface area contributed by atoms with E-state index in [1.54, 1.807) is 12.4 Å². The second-order valence-corrected chi connectivity index (χ2v) is 4.10. The zero-order valence-corrected chi connectivity index (χ0v) is 9.42. The first-order valence-corrected chi connectivity index (χ1v) is 5.49. The number of rotatable bonds is 3. The average Bonchev–Trinajstić information content (AvgIpc) is 2.71. The van der Waals surface area contributed by atoms with Gasteiger partial charge in [0, 0.05) is 24.9 Å². The van der Waals surface area contributed by atoms with Crippen LogP contribution in [0.3, 0.4) is 0 Å². The first-order valence-electron chi connectivity index (χ1n) is 4.95. The Morgan fingerprint density at radius 2 is 2.33 bits per heavy atom. The van der Waals surface area contributed by atoms with Gasteiger partial charge >= 0.3 is 0 Å². The Morgan fingerprint density at radius 1 is 1.53 bits per heavy atom. The molecule has 5 heteroatoms. The topological polar surface area (TPSA) is 47.0 Å². The summed E-state index contributed by atoms with van der Waals surface area (Å²) >= 11 is 5.98. The van der Waals surface area contributed by atoms with Gasteiger partial charge in [-0.2, -0.15) is 0 Å². The van der Waals surface area contributed by atoms with Gasteiger partial charge in [0.25, 0.3) is 0 Å². The number of anilines is 1. The van der Waals surface area contributed by atoms with E-state index >= 15 is 0 Å². The van der Waals surface area contributed by atoms with Gasteiger partial charge < -0.3 is 10.1 Å². The van der Waals surface area contributed by atoms with E-state index in [0.717, 1.165) is 24.5 Å². The summed E-state index contributed by atoms with van der Waals surface area (Å²) in [5.74, 6) is 1.31. The molecule has 1 aromatic heterocycles. The SMILES string of the molecule is Cc1nccnc1NC1(CCl)CCOC1. The summed E-state index contributed by atoms with van der Waals surface area (Å²) in [5.41, 5.74) is 0.705. The van der Waals surface area contributed by atoms with E-state index in [1.165, 1.54) is 0 Å². The van der Waals surface area contributed by atoms with Crippen molar-refractivity contribution in [1.29, 1.82) is 0 Å². The van der Waals surface area contributed by atoms with Crippen molar-refractivity contribution in [1.82, 2.24) is 9.97 Å². The molecule has 0 aromatic carbocycles. The third-order valence-corrected chi connectivity index (χ3v) is 3.14. The molecule has 4 nitrogen and oxygen atoms in total. The molecule has 1 atom stereocenters. The predicted molar refractivity (Wildman–Crippen MR) is 59.3 cm³/mol. The molecule has 1 N–H and O–H groups in total. The maximum atomic E-state index is 5.98. The van der Waals surface area contributed by atoms with Crippen LogP contribution in [0.25, 0.3) is 0 Å². The maximum absolute atomic E-state index is 5.98. The smallest absolute Gasteiger partial charge is 0.147 e. The summed E-state index contributed by atoms with van der Waals surface area (Å²) in [6, 6.07) is 0. The molecule has 0 saturated carbocycles. The quantitative estimate of drug-likeness (QED) is 0.797. The molecule has 1 aliphatic rings. The molecule has 0 radical (unpaired) electrons. The largest absolute Gasteiger partial charge is 0.379 e. The van der Waals surface area contributed by atoms with Crippen molar-refractivity contribution in [3.63, 3.8) is 0 Å². The number of nitrogens with zero attached hydrogens (tertiary/aromatic N) is 2. The Kier molecular flexibility index (Phi) is 3.07. The second-order valence-electron chi connectivity index (χ2n) is 3.83. The van der Waals surface area contributed by atoms with Gasteiger partial charge in [-0.3, -0.25) is 4.98 Å². The van der Waals surface area contributed by atoms with Crippen LogP contribution in [0.15, 0.2) is 12.4 Å². The van der Waals surface area contributed by atoms with Crippen LogP contribution in [-0.2, 0) is 4.74 Å². The highest BCUT2D eigenvalue weighted by Gasteiger charge is 2.34. The molecule has 0 aliphatic carbocycles. The van der Waals surface area contributed by atoms with Crippen LogP contribution in [0, 0.1) is 6.92 Å². The van der Waals surface area contributed by atoms with E-state index in [2.05, 4.69) is 15.3 Å². The third-order valence-electron chi connectivity index (χ3n) is 2.62. The van der Waals surface area contributed by atoms with Gasteiger partial charge in [-0.1, -0.05) is 0 Å². The van der Waals surface area contributed by atoms with Crippen molar-refractivity contribution >= 4 is 17.4 Å². The van der Waals surface area contributed by atoms with Crippen LogP contribution in [0.1, 0.15) is 12.1 Å². The van der Waals surface area contributed by atoms with E-state index < -0.39 is 0 Å². The molecule has 0 amide bonds. The molecule has 1 fully saturated rings. The van der Waals surface area contributed by atoms with Gasteiger partial charge in [0.2, 0.25) is 0 Å². The summed E-state index contributed by atoms with van der Waals surface area (Å²) in [4.78, 5) is 8.42. The number of nitrogens with one attached hydrogen (secondary N) is 1. The molecule has 0 bridgehead atoms. The van der Waals surface area contributed by atoms with Gasteiger partial charge in [-0.05, 0) is 13.3 Å². The third kappa shape index (κ3) is 2.21. The molecule has 1 saturated heterocycles. The van der Waals surface area contributed by atoms with E-state index in [1.807, 2.05) is 6.92 Å². The molecule has 1 aliphatic heterocycles. The van der Waals surface area contributed by atoms with Gasteiger partial charge in [0.15, 0.2) is 0 Å². The monoisotopic (exact) mass is 227 g/mol. The van der Waals surface area contributed by atoms with Crippen molar-refractivity contribution in [3.8, 4) is 0 Å². The summed E-state index contributed by atoms with van der Waals surface area (Å²) in [6.45, 7) is 3.30. The Bertz CT molecular complexity index is 339.